The van der Waals surface area contributed by atoms with Crippen LogP contribution in [0.4, 0.5) is 4.79 Å². The van der Waals surface area contributed by atoms with Gasteiger partial charge in [0.25, 0.3) is 0 Å². The zero-order valence-corrected chi connectivity index (χ0v) is 7.37. The fraction of sp³-hybridized carbons (Fsp3) is 0.714. The summed E-state index contributed by atoms with van der Waals surface area (Å²) in [6.45, 7) is 1.68. The topological polar surface area (TPSA) is 64.6 Å². The van der Waals surface area contributed by atoms with Gasteiger partial charge in [0.15, 0.2) is 0 Å². The number of carbonyl (C=O) groups is 2. The van der Waals surface area contributed by atoms with Crippen LogP contribution in [0.15, 0.2) is 0 Å². The van der Waals surface area contributed by atoms with Gasteiger partial charge in [0.1, 0.15) is 12.3 Å². The number of hydrogen-bond acceptors (Lipinski definition) is 4. The van der Waals surface area contributed by atoms with Crippen molar-refractivity contribution in [3.8, 4) is 0 Å². The van der Waals surface area contributed by atoms with E-state index in [1.54, 1.807) is 6.92 Å². The van der Waals surface area contributed by atoms with Crippen LogP contribution in [-0.4, -0.2) is 38.7 Å². The lowest BCUT2D eigenvalue weighted by Crippen LogP contribution is -2.43. The Morgan fingerprint density at radius 1 is 1.50 bits per heavy atom. The normalized spacial score (nSPS) is 14.6. The number of carbonyl (C=O) groups excluding carboxylic acids is 2. The summed E-state index contributed by atoms with van der Waals surface area (Å²) in [4.78, 5) is 21.1. The highest BCUT2D eigenvalue weighted by molar-refractivity contribution is 5.73. The third kappa shape index (κ3) is 3.34. The van der Waals surface area contributed by atoms with Crippen LogP contribution in [0.3, 0.4) is 0 Å². The van der Waals surface area contributed by atoms with Crippen LogP contribution in [0, 0.1) is 0 Å². The van der Waals surface area contributed by atoms with Crippen LogP contribution in [0.5, 0.6) is 0 Å². The Morgan fingerprint density at radius 3 is 2.42 bits per heavy atom. The van der Waals surface area contributed by atoms with E-state index < -0.39 is 12.1 Å². The lowest BCUT2D eigenvalue weighted by atomic mass is 10.2. The van der Waals surface area contributed by atoms with E-state index in [4.69, 9.17) is 4.74 Å². The minimum Gasteiger partial charge on any atom is -0.453 e. The molecule has 0 aliphatic rings. The zero-order chi connectivity index (χ0) is 9.56. The summed E-state index contributed by atoms with van der Waals surface area (Å²) >= 11 is 0. The summed E-state index contributed by atoms with van der Waals surface area (Å²) in [5.74, 6) is 0. The Bertz CT molecular complexity index is 159. The molecule has 0 fully saturated rings. The largest absolute Gasteiger partial charge is 0.453 e. The van der Waals surface area contributed by atoms with Crippen molar-refractivity contribution in [3.05, 3.63) is 0 Å². The average Bonchev–Trinajstić information content (AvgIpc) is 2.12. The van der Waals surface area contributed by atoms with Crippen LogP contribution in [0.2, 0.25) is 0 Å². The summed E-state index contributed by atoms with van der Waals surface area (Å²) in [7, 11) is 2.69. The summed E-state index contributed by atoms with van der Waals surface area (Å²) in [5, 5.41) is 2.31. The molecule has 0 aromatic rings. The molecule has 0 bridgehead atoms. The molecule has 1 amide bonds. The average molecular weight is 175 g/mol. The van der Waals surface area contributed by atoms with Crippen molar-refractivity contribution in [2.24, 2.45) is 0 Å². The van der Waals surface area contributed by atoms with Crippen molar-refractivity contribution in [1.82, 2.24) is 5.32 Å². The molecule has 0 aromatic heterocycles. The molecule has 0 spiro atoms. The number of rotatable bonds is 4. The van der Waals surface area contributed by atoms with Crippen molar-refractivity contribution < 1.29 is 19.1 Å². The van der Waals surface area contributed by atoms with Gasteiger partial charge < -0.3 is 19.6 Å². The maximum absolute atomic E-state index is 10.7. The first-order valence-electron chi connectivity index (χ1n) is 3.48. The lowest BCUT2D eigenvalue weighted by Gasteiger charge is -2.17. The minimum atomic E-state index is -0.664. The molecule has 0 radical (unpaired) electrons. The van der Waals surface area contributed by atoms with Crippen molar-refractivity contribution in [2.45, 2.75) is 19.1 Å². The zero-order valence-electron chi connectivity index (χ0n) is 7.37. The van der Waals surface area contributed by atoms with Gasteiger partial charge in [-0.15, -0.1) is 0 Å². The molecule has 0 saturated carbocycles. The van der Waals surface area contributed by atoms with Crippen molar-refractivity contribution in [1.29, 1.82) is 0 Å². The molecular formula is C7H13NO4. The van der Waals surface area contributed by atoms with Crippen molar-refractivity contribution in [2.75, 3.05) is 14.2 Å². The molecule has 0 aliphatic heterocycles. The Labute approximate surface area is 71.0 Å². The molecule has 70 valence electrons. The van der Waals surface area contributed by atoms with Crippen molar-refractivity contribution in [3.63, 3.8) is 0 Å². The first-order chi connectivity index (χ1) is 5.65. The summed E-state index contributed by atoms with van der Waals surface area (Å²) in [6.07, 6.45) is -0.400. The molecule has 0 saturated heterocycles. The maximum atomic E-state index is 10.7. The number of aldehydes is 1. The number of hydrogen-bond donors (Lipinski definition) is 1. The highest BCUT2D eigenvalue weighted by Gasteiger charge is 2.18. The van der Waals surface area contributed by atoms with Gasteiger partial charge in [-0.2, -0.15) is 0 Å². The van der Waals surface area contributed by atoms with Crippen LogP contribution in [-0.2, 0) is 14.3 Å². The first-order valence-corrected chi connectivity index (χ1v) is 3.48. The van der Waals surface area contributed by atoms with Gasteiger partial charge in [-0.25, -0.2) is 4.79 Å². The molecule has 0 aromatic carbocycles. The van der Waals surface area contributed by atoms with E-state index in [-0.39, 0.29) is 6.10 Å². The third-order valence-electron chi connectivity index (χ3n) is 1.49. The molecule has 2 unspecified atom stereocenters. The molecule has 2 atom stereocenters. The van der Waals surface area contributed by atoms with Gasteiger partial charge >= 0.3 is 6.09 Å². The summed E-state index contributed by atoms with van der Waals surface area (Å²) < 4.78 is 9.16. The van der Waals surface area contributed by atoms with E-state index in [2.05, 4.69) is 10.1 Å². The van der Waals surface area contributed by atoms with E-state index in [0.717, 1.165) is 0 Å². The molecule has 0 rings (SSSR count). The SMILES string of the molecule is COC(=O)NC(C=O)C(C)OC. The van der Waals surface area contributed by atoms with E-state index >= 15 is 0 Å². The Balaban J connectivity index is 3.98. The van der Waals surface area contributed by atoms with E-state index in [1.165, 1.54) is 14.2 Å². The van der Waals surface area contributed by atoms with Crippen LogP contribution in [0.25, 0.3) is 0 Å². The van der Waals surface area contributed by atoms with Gasteiger partial charge in [-0.1, -0.05) is 0 Å². The molecule has 0 aliphatic carbocycles. The lowest BCUT2D eigenvalue weighted by molar-refractivity contribution is -0.112. The van der Waals surface area contributed by atoms with E-state index in [1.807, 2.05) is 0 Å². The molecule has 12 heavy (non-hydrogen) atoms. The Morgan fingerprint density at radius 2 is 2.08 bits per heavy atom. The van der Waals surface area contributed by atoms with Crippen molar-refractivity contribution >= 4 is 12.4 Å². The predicted molar refractivity (Wildman–Crippen MR) is 41.9 cm³/mol. The Hall–Kier alpha value is -1.10. The van der Waals surface area contributed by atoms with Crippen LogP contribution < -0.4 is 5.32 Å². The van der Waals surface area contributed by atoms with E-state index in [9.17, 15) is 9.59 Å². The highest BCUT2D eigenvalue weighted by Crippen LogP contribution is 1.94. The fourth-order valence-electron chi connectivity index (χ4n) is 0.604. The smallest absolute Gasteiger partial charge is 0.407 e. The van der Waals surface area contributed by atoms with Gasteiger partial charge in [0.2, 0.25) is 0 Å². The number of methoxy groups -OCH3 is 2. The number of ether oxygens (including phenoxy) is 2. The quantitative estimate of drug-likeness (QED) is 0.608. The molecule has 1 N–H and O–H groups in total. The number of amides is 1. The number of alkyl carbamates (subject to hydrolysis) is 1. The first kappa shape index (κ1) is 10.9. The predicted octanol–water partition coefficient (Wildman–Crippen LogP) is -0.0552. The molecule has 5 nitrogen and oxygen atoms in total. The fourth-order valence-corrected chi connectivity index (χ4v) is 0.604. The second kappa shape index (κ2) is 5.54. The van der Waals surface area contributed by atoms with Gasteiger partial charge in [-0.05, 0) is 6.92 Å². The highest BCUT2D eigenvalue weighted by atomic mass is 16.5. The van der Waals surface area contributed by atoms with Crippen LogP contribution >= 0.6 is 0 Å². The van der Waals surface area contributed by atoms with E-state index in [0.29, 0.717) is 6.29 Å². The maximum Gasteiger partial charge on any atom is 0.407 e. The van der Waals surface area contributed by atoms with Gasteiger partial charge in [-0.3, -0.25) is 0 Å². The molecular weight excluding hydrogens is 162 g/mol. The Kier molecular flexibility index (Phi) is 5.03. The standard InChI is InChI=1S/C7H13NO4/c1-5(11-2)6(4-9)8-7(10)12-3/h4-6H,1-3H3,(H,8,10). The second-order valence-corrected chi connectivity index (χ2v) is 2.24. The number of nitrogens with one attached hydrogen (secondary N) is 1. The monoisotopic (exact) mass is 175 g/mol. The molecule has 5 heteroatoms. The van der Waals surface area contributed by atoms with Crippen LogP contribution in [0.1, 0.15) is 6.92 Å². The molecule has 0 heterocycles. The summed E-state index contributed by atoms with van der Waals surface area (Å²) in [5.41, 5.74) is 0. The van der Waals surface area contributed by atoms with Gasteiger partial charge in [0, 0.05) is 7.11 Å². The summed E-state index contributed by atoms with van der Waals surface area (Å²) in [6, 6.07) is -0.664. The second-order valence-electron chi connectivity index (χ2n) is 2.24. The minimum absolute atomic E-state index is 0.360. The van der Waals surface area contributed by atoms with Gasteiger partial charge in [0.05, 0.1) is 13.2 Å². The third-order valence-corrected chi connectivity index (χ3v) is 1.49.